The number of benzene rings is 1. The van der Waals surface area contributed by atoms with E-state index in [0.29, 0.717) is 5.69 Å². The van der Waals surface area contributed by atoms with Crippen LogP contribution in [0, 0.1) is 6.92 Å². The first kappa shape index (κ1) is 11.9. The predicted molar refractivity (Wildman–Crippen MR) is 70.0 cm³/mol. The Kier molecular flexibility index (Phi) is 3.28. The van der Waals surface area contributed by atoms with Gasteiger partial charge < -0.3 is 5.32 Å². The maximum atomic E-state index is 12.0. The first-order valence-corrected chi connectivity index (χ1v) is 5.93. The average molecular weight is 294 g/mol. The molecule has 17 heavy (non-hydrogen) atoms. The van der Waals surface area contributed by atoms with Gasteiger partial charge in [-0.15, -0.1) is 0 Å². The van der Waals surface area contributed by atoms with E-state index in [0.717, 1.165) is 15.7 Å². The van der Waals surface area contributed by atoms with Crippen molar-refractivity contribution in [1.82, 2.24) is 9.78 Å². The predicted octanol–water partition coefficient (Wildman–Crippen LogP) is 2.74. The Labute approximate surface area is 108 Å². The van der Waals surface area contributed by atoms with Gasteiger partial charge in [0.1, 0.15) is 5.69 Å². The summed E-state index contributed by atoms with van der Waals surface area (Å²) in [6, 6.07) is 7.45. The second-order valence-electron chi connectivity index (χ2n) is 3.75. The molecule has 0 spiro atoms. The van der Waals surface area contributed by atoms with Crippen LogP contribution in [0.15, 0.2) is 34.9 Å². The van der Waals surface area contributed by atoms with E-state index in [4.69, 9.17) is 0 Å². The number of carbonyl (C=O) groups is 1. The van der Waals surface area contributed by atoms with Gasteiger partial charge in [0.25, 0.3) is 5.91 Å². The van der Waals surface area contributed by atoms with Crippen molar-refractivity contribution < 1.29 is 4.79 Å². The van der Waals surface area contributed by atoms with Crippen LogP contribution < -0.4 is 5.32 Å². The van der Waals surface area contributed by atoms with Gasteiger partial charge in [-0.2, -0.15) is 5.10 Å². The Bertz CT molecular complexity index is 563. The van der Waals surface area contributed by atoms with Crippen molar-refractivity contribution in [2.45, 2.75) is 6.92 Å². The summed E-state index contributed by atoms with van der Waals surface area (Å²) >= 11 is 3.38. The molecule has 1 amide bonds. The van der Waals surface area contributed by atoms with E-state index in [-0.39, 0.29) is 5.91 Å². The van der Waals surface area contributed by atoms with Crippen LogP contribution in [-0.2, 0) is 7.05 Å². The highest BCUT2D eigenvalue weighted by Gasteiger charge is 2.11. The van der Waals surface area contributed by atoms with Crippen molar-refractivity contribution in [2.24, 2.45) is 7.05 Å². The molecule has 88 valence electrons. The number of anilines is 1. The maximum Gasteiger partial charge on any atom is 0.273 e. The first-order chi connectivity index (χ1) is 8.08. The summed E-state index contributed by atoms with van der Waals surface area (Å²) in [5, 5.41) is 6.83. The summed E-state index contributed by atoms with van der Waals surface area (Å²) in [5.74, 6) is -0.161. The van der Waals surface area contributed by atoms with Crippen LogP contribution >= 0.6 is 15.9 Å². The number of nitrogens with zero attached hydrogens (tertiary/aromatic N) is 2. The molecule has 1 heterocycles. The van der Waals surface area contributed by atoms with E-state index in [1.54, 1.807) is 24.0 Å². The number of nitrogens with one attached hydrogen (secondary N) is 1. The molecule has 0 saturated carbocycles. The fourth-order valence-corrected chi connectivity index (χ4v) is 1.87. The molecule has 1 N–H and O–H groups in total. The molecule has 0 aliphatic heterocycles. The summed E-state index contributed by atoms with van der Waals surface area (Å²) in [5.41, 5.74) is 2.35. The Balaban J connectivity index is 2.24. The zero-order valence-electron chi connectivity index (χ0n) is 9.57. The number of aryl methyl sites for hydroxylation is 2. The molecule has 0 radical (unpaired) electrons. The Morgan fingerprint density at radius 3 is 2.82 bits per heavy atom. The van der Waals surface area contributed by atoms with Gasteiger partial charge in [0.15, 0.2) is 0 Å². The molecule has 0 fully saturated rings. The fourth-order valence-electron chi connectivity index (χ4n) is 1.51. The fraction of sp³-hybridized carbons (Fsp3) is 0.167. The minimum Gasteiger partial charge on any atom is -0.320 e. The van der Waals surface area contributed by atoms with Crippen LogP contribution in [0.25, 0.3) is 0 Å². The number of hydrogen-bond donors (Lipinski definition) is 1. The van der Waals surface area contributed by atoms with Gasteiger partial charge in [-0.1, -0.05) is 22.0 Å². The molecular weight excluding hydrogens is 282 g/mol. The molecule has 0 unspecified atom stereocenters. The van der Waals surface area contributed by atoms with E-state index < -0.39 is 0 Å². The highest BCUT2D eigenvalue weighted by molar-refractivity contribution is 9.10. The minimum absolute atomic E-state index is 0.161. The van der Waals surface area contributed by atoms with Gasteiger partial charge in [-0.25, -0.2) is 0 Å². The average Bonchev–Trinajstić information content (AvgIpc) is 2.70. The molecule has 0 saturated heterocycles. The second-order valence-corrected chi connectivity index (χ2v) is 4.67. The van der Waals surface area contributed by atoms with Gasteiger partial charge in [-0.3, -0.25) is 9.48 Å². The van der Waals surface area contributed by atoms with Gasteiger partial charge in [0, 0.05) is 23.4 Å². The first-order valence-electron chi connectivity index (χ1n) is 5.13. The number of hydrogen-bond acceptors (Lipinski definition) is 2. The second kappa shape index (κ2) is 4.71. The van der Waals surface area contributed by atoms with Gasteiger partial charge in [0.2, 0.25) is 0 Å². The third kappa shape index (κ3) is 2.55. The highest BCUT2D eigenvalue weighted by atomic mass is 79.9. The number of aromatic nitrogens is 2. The van der Waals surface area contributed by atoms with Crippen molar-refractivity contribution >= 4 is 27.5 Å². The third-order valence-electron chi connectivity index (χ3n) is 2.50. The summed E-state index contributed by atoms with van der Waals surface area (Å²) in [4.78, 5) is 12.0. The third-order valence-corrected chi connectivity index (χ3v) is 2.99. The molecule has 5 heteroatoms. The smallest absolute Gasteiger partial charge is 0.273 e. The lowest BCUT2D eigenvalue weighted by molar-refractivity contribution is 0.101. The molecule has 1 aromatic heterocycles. The monoisotopic (exact) mass is 293 g/mol. The summed E-state index contributed by atoms with van der Waals surface area (Å²) in [6.07, 6.45) is 1.60. The van der Waals surface area contributed by atoms with Crippen molar-refractivity contribution in [3.8, 4) is 0 Å². The molecule has 2 rings (SSSR count). The lowest BCUT2D eigenvalue weighted by Gasteiger charge is -2.08. The van der Waals surface area contributed by atoms with E-state index in [2.05, 4.69) is 26.3 Å². The SMILES string of the molecule is Cc1ccc(Br)cc1NC(=O)c1ccnn1C. The number of carbonyl (C=O) groups excluding carboxylic acids is 1. The van der Waals surface area contributed by atoms with E-state index >= 15 is 0 Å². The molecule has 0 aliphatic carbocycles. The number of amides is 1. The van der Waals surface area contributed by atoms with Crippen LogP contribution in [-0.4, -0.2) is 15.7 Å². The van der Waals surface area contributed by atoms with E-state index in [1.165, 1.54) is 0 Å². The van der Waals surface area contributed by atoms with Crippen LogP contribution in [0.1, 0.15) is 16.1 Å². The topological polar surface area (TPSA) is 46.9 Å². The van der Waals surface area contributed by atoms with Crippen LogP contribution in [0.5, 0.6) is 0 Å². The lowest BCUT2D eigenvalue weighted by atomic mass is 10.2. The summed E-state index contributed by atoms with van der Waals surface area (Å²) in [6.45, 7) is 1.95. The molecule has 0 bridgehead atoms. The van der Waals surface area contributed by atoms with Crippen molar-refractivity contribution in [2.75, 3.05) is 5.32 Å². The zero-order chi connectivity index (χ0) is 12.4. The van der Waals surface area contributed by atoms with Gasteiger partial charge >= 0.3 is 0 Å². The molecule has 4 nitrogen and oxygen atoms in total. The van der Waals surface area contributed by atoms with Gasteiger partial charge in [0.05, 0.1) is 0 Å². The lowest BCUT2D eigenvalue weighted by Crippen LogP contribution is -2.16. The van der Waals surface area contributed by atoms with E-state index in [1.807, 2.05) is 25.1 Å². The van der Waals surface area contributed by atoms with Crippen LogP contribution in [0.2, 0.25) is 0 Å². The zero-order valence-corrected chi connectivity index (χ0v) is 11.2. The molecular formula is C12H12BrN3O. The maximum absolute atomic E-state index is 12.0. The summed E-state index contributed by atoms with van der Waals surface area (Å²) in [7, 11) is 1.74. The Morgan fingerprint density at radius 1 is 1.41 bits per heavy atom. The van der Waals surface area contributed by atoms with Crippen LogP contribution in [0.4, 0.5) is 5.69 Å². The molecule has 0 atom stereocenters. The normalized spacial score (nSPS) is 10.3. The van der Waals surface area contributed by atoms with Crippen molar-refractivity contribution in [3.05, 3.63) is 46.2 Å². The van der Waals surface area contributed by atoms with Crippen molar-refractivity contribution in [3.63, 3.8) is 0 Å². The Morgan fingerprint density at radius 2 is 2.18 bits per heavy atom. The quantitative estimate of drug-likeness (QED) is 0.925. The number of rotatable bonds is 2. The Hall–Kier alpha value is -1.62. The highest BCUT2D eigenvalue weighted by Crippen LogP contribution is 2.21. The van der Waals surface area contributed by atoms with Crippen molar-refractivity contribution in [1.29, 1.82) is 0 Å². The largest absolute Gasteiger partial charge is 0.320 e. The number of halogens is 1. The summed E-state index contributed by atoms with van der Waals surface area (Å²) < 4.78 is 2.48. The van der Waals surface area contributed by atoms with Crippen LogP contribution in [0.3, 0.4) is 0 Å². The van der Waals surface area contributed by atoms with Gasteiger partial charge in [-0.05, 0) is 30.7 Å². The standard InChI is InChI=1S/C12H12BrN3O/c1-8-3-4-9(13)7-10(8)15-12(17)11-5-6-14-16(11)2/h3-7H,1-2H3,(H,15,17). The van der Waals surface area contributed by atoms with E-state index in [9.17, 15) is 4.79 Å². The minimum atomic E-state index is -0.161. The molecule has 2 aromatic rings. The molecule has 1 aromatic carbocycles. The molecule has 0 aliphatic rings.